The molecule has 1 amide bonds. The first kappa shape index (κ1) is 24.0. The molecule has 0 aromatic heterocycles. The molecule has 0 bridgehead atoms. The highest BCUT2D eigenvalue weighted by atomic mass is 32.2. The van der Waals surface area contributed by atoms with E-state index in [-0.39, 0.29) is 29.8 Å². The molecule has 1 fully saturated rings. The summed E-state index contributed by atoms with van der Waals surface area (Å²) in [6.45, 7) is 1.53. The van der Waals surface area contributed by atoms with Crippen LogP contribution in [0.3, 0.4) is 0 Å². The Morgan fingerprint density at radius 2 is 1.69 bits per heavy atom. The van der Waals surface area contributed by atoms with Crippen LogP contribution in [0.1, 0.15) is 24.0 Å². The van der Waals surface area contributed by atoms with E-state index in [9.17, 15) is 13.2 Å². The fourth-order valence-electron chi connectivity index (χ4n) is 3.81. The van der Waals surface area contributed by atoms with E-state index in [4.69, 9.17) is 14.2 Å². The van der Waals surface area contributed by atoms with Crippen molar-refractivity contribution < 1.29 is 27.4 Å². The lowest BCUT2D eigenvalue weighted by molar-refractivity contribution is -0.126. The number of ether oxygens (including phenoxy) is 3. The molecule has 0 unspecified atom stereocenters. The van der Waals surface area contributed by atoms with E-state index in [2.05, 4.69) is 5.32 Å². The van der Waals surface area contributed by atoms with Gasteiger partial charge in [-0.05, 0) is 36.1 Å². The lowest BCUT2D eigenvalue weighted by atomic mass is 9.97. The minimum absolute atomic E-state index is 0.0506. The van der Waals surface area contributed by atoms with Gasteiger partial charge in [0.1, 0.15) is 0 Å². The van der Waals surface area contributed by atoms with Gasteiger partial charge in [-0.3, -0.25) is 4.79 Å². The molecule has 32 heavy (non-hydrogen) atoms. The molecule has 2 aromatic rings. The van der Waals surface area contributed by atoms with Gasteiger partial charge >= 0.3 is 0 Å². The molecule has 1 N–H and O–H groups in total. The Hall–Kier alpha value is -2.62. The summed E-state index contributed by atoms with van der Waals surface area (Å²) in [5.41, 5.74) is 2.05. The largest absolute Gasteiger partial charge is 0.493 e. The van der Waals surface area contributed by atoms with Gasteiger partial charge in [-0.2, -0.15) is 4.31 Å². The second-order valence-electron chi connectivity index (χ2n) is 7.67. The van der Waals surface area contributed by atoms with Crippen LogP contribution < -0.4 is 14.8 Å². The minimum Gasteiger partial charge on any atom is -0.493 e. The molecule has 0 atom stereocenters. The predicted molar refractivity (Wildman–Crippen MR) is 120 cm³/mol. The van der Waals surface area contributed by atoms with Crippen molar-refractivity contribution in [1.29, 1.82) is 0 Å². The second kappa shape index (κ2) is 10.8. The van der Waals surface area contributed by atoms with Crippen molar-refractivity contribution in [2.45, 2.75) is 30.9 Å². The Morgan fingerprint density at radius 3 is 2.34 bits per heavy atom. The van der Waals surface area contributed by atoms with Crippen LogP contribution in [0.4, 0.5) is 0 Å². The van der Waals surface area contributed by atoms with Crippen LogP contribution >= 0.6 is 0 Å². The first-order valence-electron chi connectivity index (χ1n) is 10.5. The molecule has 9 heteroatoms. The van der Waals surface area contributed by atoms with Gasteiger partial charge in [-0.1, -0.05) is 24.3 Å². The van der Waals surface area contributed by atoms with Crippen LogP contribution in [0.5, 0.6) is 11.5 Å². The maximum Gasteiger partial charge on any atom is 0.243 e. The van der Waals surface area contributed by atoms with E-state index < -0.39 is 10.0 Å². The van der Waals surface area contributed by atoms with Gasteiger partial charge in [0.15, 0.2) is 11.5 Å². The predicted octanol–water partition coefficient (Wildman–Crippen LogP) is 2.57. The standard InChI is InChI=1S/C23H30N2O6S/c1-29-16-18-6-4-5-17(13-18)15-24-23(26)19-9-11-25(12-10-19)32(27,28)20-7-8-21(30-2)22(14-20)31-3/h4-8,13-14,19H,9-12,15-16H2,1-3H3,(H,24,26). The van der Waals surface area contributed by atoms with Crippen LogP contribution in [0.25, 0.3) is 0 Å². The van der Waals surface area contributed by atoms with Crippen molar-refractivity contribution in [3.05, 3.63) is 53.6 Å². The number of hydrogen-bond donors (Lipinski definition) is 1. The van der Waals surface area contributed by atoms with Gasteiger partial charge in [0.25, 0.3) is 0 Å². The molecule has 0 aliphatic carbocycles. The van der Waals surface area contributed by atoms with Crippen molar-refractivity contribution in [2.75, 3.05) is 34.4 Å². The maximum absolute atomic E-state index is 13.0. The third-order valence-corrected chi connectivity index (χ3v) is 7.48. The number of amides is 1. The van der Waals surface area contributed by atoms with E-state index >= 15 is 0 Å². The first-order valence-corrected chi connectivity index (χ1v) is 11.9. The van der Waals surface area contributed by atoms with Gasteiger partial charge in [-0.25, -0.2) is 8.42 Å². The zero-order valence-electron chi connectivity index (χ0n) is 18.7. The summed E-state index contributed by atoms with van der Waals surface area (Å²) in [5, 5.41) is 2.97. The van der Waals surface area contributed by atoms with Crippen molar-refractivity contribution in [3.63, 3.8) is 0 Å². The molecule has 2 aromatic carbocycles. The zero-order chi connectivity index (χ0) is 23.1. The average Bonchev–Trinajstić information content (AvgIpc) is 2.82. The molecule has 174 valence electrons. The number of benzene rings is 2. The third-order valence-electron chi connectivity index (χ3n) is 5.59. The van der Waals surface area contributed by atoms with E-state index in [0.717, 1.165) is 11.1 Å². The number of carbonyl (C=O) groups is 1. The molecule has 1 aliphatic heterocycles. The number of hydrogen-bond acceptors (Lipinski definition) is 6. The summed E-state index contributed by atoms with van der Waals surface area (Å²) in [5.74, 6) is 0.561. The fourth-order valence-corrected chi connectivity index (χ4v) is 5.30. The molecule has 1 heterocycles. The quantitative estimate of drug-likeness (QED) is 0.616. The Labute approximate surface area is 189 Å². The fraction of sp³-hybridized carbons (Fsp3) is 0.435. The number of nitrogens with zero attached hydrogens (tertiary/aromatic N) is 1. The van der Waals surface area contributed by atoms with Crippen molar-refractivity contribution in [2.24, 2.45) is 5.92 Å². The monoisotopic (exact) mass is 462 g/mol. The average molecular weight is 463 g/mol. The van der Waals surface area contributed by atoms with Crippen molar-refractivity contribution >= 4 is 15.9 Å². The summed E-state index contributed by atoms with van der Waals surface area (Å²) in [4.78, 5) is 12.8. The van der Waals surface area contributed by atoms with Crippen molar-refractivity contribution in [1.82, 2.24) is 9.62 Å². The lowest BCUT2D eigenvalue weighted by Crippen LogP contribution is -2.42. The van der Waals surface area contributed by atoms with Crippen LogP contribution in [-0.4, -0.2) is 53.0 Å². The molecule has 0 spiro atoms. The lowest BCUT2D eigenvalue weighted by Gasteiger charge is -2.30. The van der Waals surface area contributed by atoms with Gasteiger partial charge < -0.3 is 19.5 Å². The molecule has 3 rings (SSSR count). The van der Waals surface area contributed by atoms with Gasteiger partial charge in [0, 0.05) is 38.7 Å². The molecule has 0 radical (unpaired) electrons. The summed E-state index contributed by atoms with van der Waals surface area (Å²) in [6.07, 6.45) is 0.949. The van der Waals surface area contributed by atoms with E-state index in [1.165, 1.54) is 30.7 Å². The number of methoxy groups -OCH3 is 3. The molecular formula is C23H30N2O6S. The van der Waals surface area contributed by atoms with E-state index in [1.54, 1.807) is 13.2 Å². The van der Waals surface area contributed by atoms with Crippen molar-refractivity contribution in [3.8, 4) is 11.5 Å². The molecule has 1 saturated heterocycles. The Morgan fingerprint density at radius 1 is 1.00 bits per heavy atom. The van der Waals surface area contributed by atoms with E-state index in [1.807, 2.05) is 24.3 Å². The Balaban J connectivity index is 1.57. The van der Waals surface area contributed by atoms with Crippen LogP contribution in [0, 0.1) is 5.92 Å². The summed E-state index contributed by atoms with van der Waals surface area (Å²) < 4.78 is 43.1. The zero-order valence-corrected chi connectivity index (χ0v) is 19.5. The topological polar surface area (TPSA) is 94.2 Å². The molecule has 0 saturated carbocycles. The molecule has 1 aliphatic rings. The number of sulfonamides is 1. The summed E-state index contributed by atoms with van der Waals surface area (Å²) in [6, 6.07) is 12.4. The van der Waals surface area contributed by atoms with Crippen LogP contribution in [0.2, 0.25) is 0 Å². The minimum atomic E-state index is -3.68. The summed E-state index contributed by atoms with van der Waals surface area (Å²) in [7, 11) is 0.928. The summed E-state index contributed by atoms with van der Waals surface area (Å²) >= 11 is 0. The van der Waals surface area contributed by atoms with Crippen LogP contribution in [-0.2, 0) is 32.7 Å². The van der Waals surface area contributed by atoms with E-state index in [0.29, 0.717) is 37.5 Å². The Kier molecular flexibility index (Phi) is 8.11. The maximum atomic E-state index is 13.0. The van der Waals surface area contributed by atoms with Gasteiger partial charge in [0.05, 0.1) is 25.7 Å². The third kappa shape index (κ3) is 5.59. The SMILES string of the molecule is COCc1cccc(CNC(=O)C2CCN(S(=O)(=O)c3ccc(OC)c(OC)c3)CC2)c1. The highest BCUT2D eigenvalue weighted by Crippen LogP contribution is 2.32. The van der Waals surface area contributed by atoms with Gasteiger partial charge in [-0.15, -0.1) is 0 Å². The Bertz CT molecular complexity index is 1030. The second-order valence-corrected chi connectivity index (χ2v) is 9.60. The highest BCUT2D eigenvalue weighted by molar-refractivity contribution is 7.89. The smallest absolute Gasteiger partial charge is 0.243 e. The first-order chi connectivity index (χ1) is 15.4. The number of piperidine rings is 1. The number of nitrogens with one attached hydrogen (secondary N) is 1. The van der Waals surface area contributed by atoms with Crippen LogP contribution in [0.15, 0.2) is 47.4 Å². The molecular weight excluding hydrogens is 432 g/mol. The normalized spacial score (nSPS) is 15.3. The number of rotatable bonds is 9. The molecule has 8 nitrogen and oxygen atoms in total. The highest BCUT2D eigenvalue weighted by Gasteiger charge is 2.32. The van der Waals surface area contributed by atoms with Gasteiger partial charge in [0.2, 0.25) is 15.9 Å². The number of carbonyl (C=O) groups excluding carboxylic acids is 1.